The summed E-state index contributed by atoms with van der Waals surface area (Å²) in [5, 5.41) is 8.15. The van der Waals surface area contributed by atoms with Gasteiger partial charge >= 0.3 is 0 Å². The molecular weight excluding hydrogens is 224 g/mol. The molecule has 0 N–H and O–H groups in total. The molecule has 4 heteroatoms. The summed E-state index contributed by atoms with van der Waals surface area (Å²) < 4.78 is 5.09. The van der Waals surface area contributed by atoms with E-state index >= 15 is 0 Å². The average molecular weight is 235 g/mol. The molecule has 1 heterocycles. The first kappa shape index (κ1) is 10.9. The monoisotopic (exact) mass is 234 g/mol. The zero-order valence-electron chi connectivity index (χ0n) is 8.85. The summed E-state index contributed by atoms with van der Waals surface area (Å²) in [6, 6.07) is 11.9. The molecule has 0 saturated heterocycles. The van der Waals surface area contributed by atoms with E-state index in [1.54, 1.807) is 7.11 Å². The lowest BCUT2D eigenvalue weighted by molar-refractivity contribution is 0.411. The zero-order chi connectivity index (χ0) is 11.4. The normalized spacial score (nSPS) is 10.1. The summed E-state index contributed by atoms with van der Waals surface area (Å²) in [7, 11) is 1.56. The molecule has 0 aliphatic rings. The van der Waals surface area contributed by atoms with E-state index in [1.807, 2.05) is 36.4 Å². The van der Waals surface area contributed by atoms with Crippen LogP contribution in [0, 0.1) is 0 Å². The number of benzene rings is 1. The molecule has 0 bridgehead atoms. The molecule has 16 heavy (non-hydrogen) atoms. The Morgan fingerprint density at radius 2 is 1.94 bits per heavy atom. The Balaban J connectivity index is 2.22. The van der Waals surface area contributed by atoms with Crippen molar-refractivity contribution in [3.63, 3.8) is 0 Å². The zero-order valence-corrected chi connectivity index (χ0v) is 9.61. The van der Waals surface area contributed by atoms with Gasteiger partial charge in [0.1, 0.15) is 0 Å². The molecule has 0 amide bonds. The van der Waals surface area contributed by atoms with Gasteiger partial charge in [0.25, 0.3) is 0 Å². The molecule has 1 aromatic carbocycles. The Labute approximate surface area is 99.0 Å². The predicted octanol–water partition coefficient (Wildman–Crippen LogP) is 2.73. The quantitative estimate of drug-likeness (QED) is 0.819. The van der Waals surface area contributed by atoms with Crippen molar-refractivity contribution in [1.82, 2.24) is 10.2 Å². The Kier molecular flexibility index (Phi) is 3.37. The molecule has 0 aliphatic carbocycles. The van der Waals surface area contributed by atoms with Crippen LogP contribution in [-0.4, -0.2) is 17.3 Å². The van der Waals surface area contributed by atoms with Crippen molar-refractivity contribution in [1.29, 1.82) is 0 Å². The molecule has 2 aromatic rings. The van der Waals surface area contributed by atoms with Crippen LogP contribution in [0.15, 0.2) is 36.4 Å². The highest BCUT2D eigenvalue weighted by atomic mass is 35.5. The molecule has 3 nitrogen and oxygen atoms in total. The summed E-state index contributed by atoms with van der Waals surface area (Å²) in [6.07, 6.45) is 0.724. The summed E-state index contributed by atoms with van der Waals surface area (Å²) in [5.74, 6) is 0.558. The first-order valence-corrected chi connectivity index (χ1v) is 5.27. The number of hydrogen-bond acceptors (Lipinski definition) is 3. The number of aromatic nitrogens is 2. The highest BCUT2D eigenvalue weighted by Crippen LogP contribution is 2.21. The van der Waals surface area contributed by atoms with Crippen LogP contribution in [0.5, 0.6) is 5.75 Å². The molecule has 0 aliphatic heterocycles. The Morgan fingerprint density at radius 1 is 1.19 bits per heavy atom. The lowest BCUT2D eigenvalue weighted by atomic mass is 10.1. The molecule has 0 radical (unpaired) electrons. The summed E-state index contributed by atoms with van der Waals surface area (Å²) in [6.45, 7) is 0. The number of rotatable bonds is 3. The fourth-order valence-electron chi connectivity index (χ4n) is 1.43. The molecule has 82 valence electrons. The molecule has 0 unspecified atom stereocenters. The molecule has 2 rings (SSSR count). The van der Waals surface area contributed by atoms with Gasteiger partial charge in [0, 0.05) is 12.5 Å². The molecular formula is C12H11ClN2O. The maximum atomic E-state index is 5.80. The second kappa shape index (κ2) is 4.94. The number of nitrogens with zero attached hydrogens (tertiary/aromatic N) is 2. The lowest BCUT2D eigenvalue weighted by Gasteiger charge is -2.04. The van der Waals surface area contributed by atoms with Crippen LogP contribution in [0.1, 0.15) is 11.3 Å². The van der Waals surface area contributed by atoms with Crippen molar-refractivity contribution in [2.75, 3.05) is 7.11 Å². The minimum Gasteiger partial charge on any atom is -0.493 e. The van der Waals surface area contributed by atoms with Gasteiger partial charge < -0.3 is 4.74 Å². The van der Waals surface area contributed by atoms with E-state index in [0.717, 1.165) is 12.1 Å². The summed E-state index contributed by atoms with van der Waals surface area (Å²) in [5.41, 5.74) is 2.02. The first-order valence-electron chi connectivity index (χ1n) is 4.89. The van der Waals surface area contributed by atoms with Crippen LogP contribution >= 0.6 is 11.6 Å². The van der Waals surface area contributed by atoms with Crippen LogP contribution in [0.2, 0.25) is 5.15 Å². The maximum Gasteiger partial charge on any atom is 0.193 e. The van der Waals surface area contributed by atoms with Gasteiger partial charge in [-0.1, -0.05) is 41.9 Å². The predicted molar refractivity (Wildman–Crippen MR) is 62.8 cm³/mol. The molecule has 0 spiro atoms. The van der Waals surface area contributed by atoms with Crippen molar-refractivity contribution in [3.8, 4) is 5.75 Å². The number of halogens is 1. The fourth-order valence-corrected chi connectivity index (χ4v) is 1.60. The minimum atomic E-state index is 0.291. The number of hydrogen-bond donors (Lipinski definition) is 0. The smallest absolute Gasteiger partial charge is 0.193 e. The van der Waals surface area contributed by atoms with Crippen molar-refractivity contribution < 1.29 is 4.74 Å². The molecule has 0 fully saturated rings. The van der Waals surface area contributed by atoms with Gasteiger partial charge in [0.05, 0.1) is 12.8 Å². The van der Waals surface area contributed by atoms with E-state index in [0.29, 0.717) is 10.9 Å². The van der Waals surface area contributed by atoms with Gasteiger partial charge in [-0.2, -0.15) is 5.10 Å². The van der Waals surface area contributed by atoms with Crippen LogP contribution in [-0.2, 0) is 6.42 Å². The molecule has 1 aromatic heterocycles. The Bertz CT molecular complexity index is 474. The van der Waals surface area contributed by atoms with E-state index in [9.17, 15) is 0 Å². The van der Waals surface area contributed by atoms with Gasteiger partial charge in [-0.15, -0.1) is 5.10 Å². The summed E-state index contributed by atoms with van der Waals surface area (Å²) in [4.78, 5) is 0. The molecule has 0 atom stereocenters. The second-order valence-corrected chi connectivity index (χ2v) is 3.72. The maximum absolute atomic E-state index is 5.80. The second-order valence-electron chi connectivity index (χ2n) is 3.36. The van der Waals surface area contributed by atoms with Crippen molar-refractivity contribution >= 4 is 11.6 Å². The SMILES string of the molecule is COc1cc(Cc2ccccc2)nnc1Cl. The third-order valence-electron chi connectivity index (χ3n) is 2.22. The van der Waals surface area contributed by atoms with Gasteiger partial charge in [0.15, 0.2) is 10.9 Å². The minimum absolute atomic E-state index is 0.291. The van der Waals surface area contributed by atoms with Crippen LogP contribution < -0.4 is 4.74 Å². The van der Waals surface area contributed by atoms with Gasteiger partial charge in [-0.3, -0.25) is 0 Å². The van der Waals surface area contributed by atoms with Gasteiger partial charge in [-0.25, -0.2) is 0 Å². The first-order chi connectivity index (χ1) is 7.79. The average Bonchev–Trinajstić information content (AvgIpc) is 2.33. The lowest BCUT2D eigenvalue weighted by Crippen LogP contribution is -1.97. The Morgan fingerprint density at radius 3 is 2.62 bits per heavy atom. The van der Waals surface area contributed by atoms with E-state index in [2.05, 4.69) is 10.2 Å². The standard InChI is InChI=1S/C12H11ClN2O/c1-16-11-8-10(14-15-12(11)13)7-9-5-3-2-4-6-9/h2-6,8H,7H2,1H3. The van der Waals surface area contributed by atoms with Crippen LogP contribution in [0.25, 0.3) is 0 Å². The largest absolute Gasteiger partial charge is 0.493 e. The van der Waals surface area contributed by atoms with Crippen LogP contribution in [0.4, 0.5) is 0 Å². The molecule has 0 saturated carbocycles. The summed E-state index contributed by atoms with van der Waals surface area (Å²) >= 11 is 5.80. The van der Waals surface area contributed by atoms with Gasteiger partial charge in [0.2, 0.25) is 0 Å². The van der Waals surface area contributed by atoms with Crippen LogP contribution in [0.3, 0.4) is 0 Å². The highest BCUT2D eigenvalue weighted by molar-refractivity contribution is 6.30. The highest BCUT2D eigenvalue weighted by Gasteiger charge is 2.05. The van der Waals surface area contributed by atoms with E-state index in [4.69, 9.17) is 16.3 Å². The van der Waals surface area contributed by atoms with E-state index < -0.39 is 0 Å². The third-order valence-corrected chi connectivity index (χ3v) is 2.48. The number of ether oxygens (including phenoxy) is 1. The van der Waals surface area contributed by atoms with E-state index in [1.165, 1.54) is 5.56 Å². The Hall–Kier alpha value is -1.61. The van der Waals surface area contributed by atoms with Crippen molar-refractivity contribution in [3.05, 3.63) is 52.8 Å². The van der Waals surface area contributed by atoms with Crippen molar-refractivity contribution in [2.24, 2.45) is 0 Å². The topological polar surface area (TPSA) is 35.0 Å². The van der Waals surface area contributed by atoms with Gasteiger partial charge in [-0.05, 0) is 5.56 Å². The van der Waals surface area contributed by atoms with Crippen molar-refractivity contribution in [2.45, 2.75) is 6.42 Å². The third kappa shape index (κ3) is 2.49. The van der Waals surface area contributed by atoms with E-state index in [-0.39, 0.29) is 0 Å². The number of methoxy groups -OCH3 is 1. The fraction of sp³-hybridized carbons (Fsp3) is 0.167.